The standard InChI is InChI=1S/C25H35Cl6NO5S/c1-5-14(26)8-15(27)6-7-16(28)22(34)21(31)20(30)17(29)9-19-12(2)23(37-11-36-19)24(35-4)25-32-18(10-38-25)13(3)33/h6-7,10,12,14-17,19-24,34H,5,8-9,11H2,1-4H3. The summed E-state index contributed by atoms with van der Waals surface area (Å²) in [6.07, 6.45) is 2.66. The van der Waals surface area contributed by atoms with Crippen molar-refractivity contribution < 1.29 is 24.1 Å². The maximum absolute atomic E-state index is 11.7. The Morgan fingerprint density at radius 1 is 1.21 bits per heavy atom. The number of rotatable bonds is 15. The quantitative estimate of drug-likeness (QED) is 0.121. The number of aromatic nitrogens is 1. The summed E-state index contributed by atoms with van der Waals surface area (Å²) < 4.78 is 17.4. The molecule has 11 unspecified atom stereocenters. The molecule has 0 bridgehead atoms. The molecule has 1 aromatic heterocycles. The van der Waals surface area contributed by atoms with Gasteiger partial charge in [-0.05, 0) is 19.3 Å². The van der Waals surface area contributed by atoms with E-state index in [1.807, 2.05) is 13.8 Å². The number of carbonyl (C=O) groups excluding carboxylic acids is 1. The van der Waals surface area contributed by atoms with E-state index in [4.69, 9.17) is 83.8 Å². The summed E-state index contributed by atoms with van der Waals surface area (Å²) >= 11 is 39.9. The largest absolute Gasteiger partial charge is 0.390 e. The van der Waals surface area contributed by atoms with E-state index in [1.165, 1.54) is 18.3 Å². The highest BCUT2D eigenvalue weighted by molar-refractivity contribution is 7.09. The number of methoxy groups -OCH3 is 1. The highest BCUT2D eigenvalue weighted by Crippen LogP contribution is 2.37. The van der Waals surface area contributed by atoms with Gasteiger partial charge in [-0.2, -0.15) is 0 Å². The zero-order valence-electron chi connectivity index (χ0n) is 21.6. The number of aliphatic hydroxyl groups is 1. The molecule has 11 atom stereocenters. The van der Waals surface area contributed by atoms with E-state index < -0.39 is 33.7 Å². The molecule has 0 spiro atoms. The van der Waals surface area contributed by atoms with Gasteiger partial charge in [0.05, 0.1) is 45.2 Å². The number of thiazole rings is 1. The van der Waals surface area contributed by atoms with Crippen LogP contribution in [-0.2, 0) is 14.2 Å². The molecular weight excluding hydrogens is 639 g/mol. The molecule has 1 N–H and O–H groups in total. The zero-order chi connectivity index (χ0) is 28.6. The average molecular weight is 674 g/mol. The van der Waals surface area contributed by atoms with E-state index >= 15 is 0 Å². The highest BCUT2D eigenvalue weighted by atomic mass is 35.5. The number of alkyl halides is 6. The predicted molar refractivity (Wildman–Crippen MR) is 158 cm³/mol. The molecule has 2 heterocycles. The zero-order valence-corrected chi connectivity index (χ0v) is 27.0. The van der Waals surface area contributed by atoms with Crippen LogP contribution >= 0.6 is 80.9 Å². The summed E-state index contributed by atoms with van der Waals surface area (Å²) in [5.74, 6) is -0.268. The average Bonchev–Trinajstić information content (AvgIpc) is 3.38. The number of Topliss-reactive ketones (excluding diaryl/α,β-unsaturated/α-hetero) is 1. The van der Waals surface area contributed by atoms with Crippen LogP contribution in [0, 0.1) is 5.92 Å². The van der Waals surface area contributed by atoms with E-state index in [0.717, 1.165) is 6.42 Å². The topological polar surface area (TPSA) is 77.9 Å². The van der Waals surface area contributed by atoms with Crippen molar-refractivity contribution in [2.45, 2.75) is 96.7 Å². The minimum atomic E-state index is -1.17. The van der Waals surface area contributed by atoms with E-state index in [2.05, 4.69) is 4.98 Å². The van der Waals surface area contributed by atoms with E-state index in [1.54, 1.807) is 24.6 Å². The summed E-state index contributed by atoms with van der Waals surface area (Å²) in [4.78, 5) is 16.1. The molecule has 13 heteroatoms. The predicted octanol–water partition coefficient (Wildman–Crippen LogP) is 7.16. The molecule has 0 radical (unpaired) electrons. The third kappa shape index (κ3) is 9.87. The van der Waals surface area contributed by atoms with Crippen molar-refractivity contribution in [3.63, 3.8) is 0 Å². The van der Waals surface area contributed by atoms with Gasteiger partial charge in [-0.1, -0.05) is 26.0 Å². The van der Waals surface area contributed by atoms with Crippen molar-refractivity contribution in [2.75, 3.05) is 13.9 Å². The number of hydrogen-bond donors (Lipinski definition) is 1. The Bertz CT molecular complexity index is 894. The van der Waals surface area contributed by atoms with E-state index in [9.17, 15) is 9.90 Å². The number of ether oxygens (including phenoxy) is 3. The first-order valence-corrected chi connectivity index (χ1v) is 15.8. The first-order valence-electron chi connectivity index (χ1n) is 12.3. The van der Waals surface area contributed by atoms with Crippen molar-refractivity contribution in [2.24, 2.45) is 5.92 Å². The van der Waals surface area contributed by atoms with Crippen molar-refractivity contribution >= 4 is 86.7 Å². The van der Waals surface area contributed by atoms with Gasteiger partial charge >= 0.3 is 0 Å². The van der Waals surface area contributed by atoms with Gasteiger partial charge in [0.25, 0.3) is 0 Å². The smallest absolute Gasteiger partial charge is 0.178 e. The molecule has 1 saturated heterocycles. The lowest BCUT2D eigenvalue weighted by Crippen LogP contribution is -2.46. The first-order chi connectivity index (χ1) is 17.9. The van der Waals surface area contributed by atoms with Crippen LogP contribution in [0.4, 0.5) is 0 Å². The summed E-state index contributed by atoms with van der Waals surface area (Å²) in [6, 6.07) is 0. The summed E-state index contributed by atoms with van der Waals surface area (Å²) in [5.41, 5.74) is 0.388. The van der Waals surface area contributed by atoms with Crippen LogP contribution in [0.3, 0.4) is 0 Å². The lowest BCUT2D eigenvalue weighted by atomic mass is 9.89. The second kappa shape index (κ2) is 16.9. The number of nitrogens with zero attached hydrogens (tertiary/aromatic N) is 1. The molecule has 1 fully saturated rings. The minimum Gasteiger partial charge on any atom is -0.390 e. The van der Waals surface area contributed by atoms with E-state index in [0.29, 0.717) is 23.5 Å². The van der Waals surface area contributed by atoms with Crippen LogP contribution < -0.4 is 0 Å². The van der Waals surface area contributed by atoms with Gasteiger partial charge < -0.3 is 19.3 Å². The molecule has 2 rings (SSSR count). The monoisotopic (exact) mass is 671 g/mol. The number of carbonyl (C=O) groups is 1. The molecule has 6 nitrogen and oxygen atoms in total. The Balaban J connectivity index is 1.99. The van der Waals surface area contributed by atoms with Crippen molar-refractivity contribution in [3.05, 3.63) is 28.2 Å². The van der Waals surface area contributed by atoms with Gasteiger partial charge in [-0.15, -0.1) is 80.9 Å². The van der Waals surface area contributed by atoms with Crippen molar-refractivity contribution in [3.8, 4) is 0 Å². The molecule has 1 aromatic rings. The number of ketones is 1. The summed E-state index contributed by atoms with van der Waals surface area (Å²) in [5, 5.41) is 9.48. The Hall–Kier alpha value is 0.620. The maximum atomic E-state index is 11.7. The van der Waals surface area contributed by atoms with Gasteiger partial charge in [0, 0.05) is 30.7 Å². The fourth-order valence-electron chi connectivity index (χ4n) is 4.07. The highest BCUT2D eigenvalue weighted by Gasteiger charge is 2.42. The van der Waals surface area contributed by atoms with Gasteiger partial charge in [-0.3, -0.25) is 4.79 Å². The fraction of sp³-hybridized carbons (Fsp3) is 0.760. The van der Waals surface area contributed by atoms with Crippen LogP contribution in [0.25, 0.3) is 0 Å². The van der Waals surface area contributed by atoms with Gasteiger partial charge in [0.1, 0.15) is 23.6 Å². The Morgan fingerprint density at radius 2 is 1.89 bits per heavy atom. The lowest BCUT2D eigenvalue weighted by molar-refractivity contribution is -0.233. The van der Waals surface area contributed by atoms with Crippen LogP contribution in [0.2, 0.25) is 0 Å². The van der Waals surface area contributed by atoms with Crippen LogP contribution in [0.1, 0.15) is 61.6 Å². The maximum Gasteiger partial charge on any atom is 0.178 e. The first kappa shape index (κ1) is 34.8. The minimum absolute atomic E-state index is 0.0310. The third-order valence-corrected chi connectivity index (χ3v) is 10.4. The molecule has 0 aromatic carbocycles. The number of allylic oxidation sites excluding steroid dienone is 1. The number of hydrogen-bond acceptors (Lipinski definition) is 7. The molecule has 218 valence electrons. The van der Waals surface area contributed by atoms with Gasteiger partial charge in [0.2, 0.25) is 0 Å². The molecule has 38 heavy (non-hydrogen) atoms. The van der Waals surface area contributed by atoms with Crippen molar-refractivity contribution in [1.82, 2.24) is 4.98 Å². The van der Waals surface area contributed by atoms with Crippen LogP contribution in [0.15, 0.2) is 17.5 Å². The molecule has 0 amide bonds. The van der Waals surface area contributed by atoms with Crippen molar-refractivity contribution in [1.29, 1.82) is 0 Å². The van der Waals surface area contributed by atoms with Gasteiger partial charge in [-0.25, -0.2) is 4.98 Å². The van der Waals surface area contributed by atoms with Crippen LogP contribution in [-0.4, -0.2) is 80.4 Å². The van der Waals surface area contributed by atoms with Crippen LogP contribution in [0.5, 0.6) is 0 Å². The second-order valence-corrected chi connectivity index (χ2v) is 13.5. The molecule has 1 aliphatic rings. The Morgan fingerprint density at radius 3 is 2.47 bits per heavy atom. The number of halogens is 6. The van der Waals surface area contributed by atoms with E-state index in [-0.39, 0.29) is 41.5 Å². The normalized spacial score (nSPS) is 26.9. The molecule has 1 aliphatic heterocycles. The van der Waals surface area contributed by atoms with Gasteiger partial charge in [0.15, 0.2) is 5.78 Å². The fourth-order valence-corrected chi connectivity index (χ4v) is 6.92. The summed E-state index contributed by atoms with van der Waals surface area (Å²) in [7, 11) is 1.57. The molecular formula is C25H35Cl6NO5S. The SMILES string of the molecule is CCC(Cl)CC(Cl)C=CC(Cl)C(O)C(Cl)C(Cl)C(Cl)CC1OCOC(C(OC)c2nc(C(C)=O)cs2)C1C. The Labute approximate surface area is 259 Å². The Kier molecular flexibility index (Phi) is 15.5. The number of aliphatic hydroxyl groups excluding tert-OH is 1. The molecule has 0 aliphatic carbocycles. The lowest BCUT2D eigenvalue weighted by Gasteiger charge is -2.40. The second-order valence-electron chi connectivity index (χ2n) is 9.31. The molecule has 0 saturated carbocycles. The third-order valence-electron chi connectivity index (χ3n) is 6.51. The summed E-state index contributed by atoms with van der Waals surface area (Å²) in [6.45, 7) is 5.44.